The quantitative estimate of drug-likeness (QED) is 0.797. The van der Waals surface area contributed by atoms with Crippen molar-refractivity contribution in [2.75, 3.05) is 6.61 Å². The maximum Gasteiger partial charge on any atom is 0.251 e. The number of carbonyl (C=O) groups excluding carboxylic acids is 1. The fraction of sp³-hybridized carbons (Fsp3) is 0.417. The molecule has 0 aromatic heterocycles. The van der Waals surface area contributed by atoms with Crippen LogP contribution >= 0.6 is 15.9 Å². The Balaban J connectivity index is 2.86. The molecule has 1 unspecified atom stereocenters. The first-order valence-corrected chi connectivity index (χ1v) is 6.13. The number of phenols is 1. The van der Waals surface area contributed by atoms with Crippen molar-refractivity contribution in [2.45, 2.75) is 25.8 Å². The number of rotatable bonds is 4. The molecular weight excluding hydrogens is 286 g/mol. The topological polar surface area (TPSA) is 69.6 Å². The summed E-state index contributed by atoms with van der Waals surface area (Å²) in [6.07, 6.45) is 0.623. The molecule has 0 fully saturated rings. The number of aliphatic hydroxyl groups excluding tert-OH is 1. The van der Waals surface area contributed by atoms with Gasteiger partial charge < -0.3 is 15.5 Å². The molecule has 1 aromatic rings. The predicted octanol–water partition coefficient (Wildman–Crippen LogP) is 2.05. The lowest BCUT2D eigenvalue weighted by atomic mass is 9.99. The van der Waals surface area contributed by atoms with Gasteiger partial charge in [-0.15, -0.1) is 0 Å². The summed E-state index contributed by atoms with van der Waals surface area (Å²) >= 11 is 3.15. The molecule has 0 spiro atoms. The van der Waals surface area contributed by atoms with Crippen molar-refractivity contribution in [3.63, 3.8) is 0 Å². The SMILES string of the molecule is CCC(C)(CO)NC(=O)c1ccc(Br)c(O)c1. The maximum absolute atomic E-state index is 11.9. The number of aliphatic hydroxyl groups is 1. The van der Waals surface area contributed by atoms with Crippen LogP contribution in [0.5, 0.6) is 5.75 Å². The normalized spacial score (nSPS) is 14.1. The van der Waals surface area contributed by atoms with E-state index in [1.54, 1.807) is 19.1 Å². The number of benzene rings is 1. The Bertz CT molecular complexity index is 416. The fourth-order valence-corrected chi connectivity index (χ4v) is 1.49. The van der Waals surface area contributed by atoms with Gasteiger partial charge in [-0.25, -0.2) is 0 Å². The van der Waals surface area contributed by atoms with Crippen molar-refractivity contribution in [1.29, 1.82) is 0 Å². The minimum Gasteiger partial charge on any atom is -0.507 e. The lowest BCUT2D eigenvalue weighted by molar-refractivity contribution is 0.0847. The van der Waals surface area contributed by atoms with Crippen LogP contribution in [0.2, 0.25) is 0 Å². The molecule has 1 atom stereocenters. The van der Waals surface area contributed by atoms with Crippen LogP contribution in [0, 0.1) is 0 Å². The van der Waals surface area contributed by atoms with Crippen LogP contribution in [0.3, 0.4) is 0 Å². The van der Waals surface area contributed by atoms with E-state index < -0.39 is 5.54 Å². The monoisotopic (exact) mass is 301 g/mol. The zero-order valence-electron chi connectivity index (χ0n) is 9.83. The highest BCUT2D eigenvalue weighted by Gasteiger charge is 2.23. The van der Waals surface area contributed by atoms with Gasteiger partial charge in [0.05, 0.1) is 16.6 Å². The standard InChI is InChI=1S/C12H16BrNO3/c1-3-12(2,7-15)14-11(17)8-4-5-9(13)10(16)6-8/h4-6,15-16H,3,7H2,1-2H3,(H,14,17). The van der Waals surface area contributed by atoms with Gasteiger partial charge in [0.2, 0.25) is 0 Å². The van der Waals surface area contributed by atoms with E-state index in [-0.39, 0.29) is 18.3 Å². The third-order valence-electron chi connectivity index (χ3n) is 2.75. The zero-order valence-corrected chi connectivity index (χ0v) is 11.4. The zero-order chi connectivity index (χ0) is 13.1. The first-order chi connectivity index (χ1) is 7.91. The summed E-state index contributed by atoms with van der Waals surface area (Å²) in [7, 11) is 0. The minimum absolute atomic E-state index is 0.0138. The summed E-state index contributed by atoms with van der Waals surface area (Å²) in [5.41, 5.74) is -0.279. The van der Waals surface area contributed by atoms with Crippen molar-refractivity contribution >= 4 is 21.8 Å². The Kier molecular flexibility index (Phi) is 4.54. The van der Waals surface area contributed by atoms with Gasteiger partial charge in [-0.2, -0.15) is 0 Å². The molecule has 0 bridgehead atoms. The largest absolute Gasteiger partial charge is 0.507 e. The van der Waals surface area contributed by atoms with E-state index in [2.05, 4.69) is 21.2 Å². The van der Waals surface area contributed by atoms with E-state index in [4.69, 9.17) is 0 Å². The molecule has 3 N–H and O–H groups in total. The molecule has 1 aromatic carbocycles. The lowest BCUT2D eigenvalue weighted by Crippen LogP contribution is -2.48. The van der Waals surface area contributed by atoms with Crippen molar-refractivity contribution in [3.8, 4) is 5.75 Å². The molecule has 0 aliphatic carbocycles. The molecule has 0 saturated carbocycles. The highest BCUT2D eigenvalue weighted by molar-refractivity contribution is 9.10. The van der Waals surface area contributed by atoms with Crippen molar-refractivity contribution in [2.24, 2.45) is 0 Å². The van der Waals surface area contributed by atoms with Crippen LogP contribution in [0.1, 0.15) is 30.6 Å². The fourth-order valence-electron chi connectivity index (χ4n) is 1.24. The van der Waals surface area contributed by atoms with Crippen LogP contribution in [0.15, 0.2) is 22.7 Å². The van der Waals surface area contributed by atoms with Crippen LogP contribution in [-0.4, -0.2) is 28.3 Å². The molecule has 94 valence electrons. The minimum atomic E-state index is -0.639. The van der Waals surface area contributed by atoms with Gasteiger partial charge in [0.25, 0.3) is 5.91 Å². The van der Waals surface area contributed by atoms with Crippen LogP contribution in [-0.2, 0) is 0 Å². The van der Waals surface area contributed by atoms with Gasteiger partial charge in [-0.3, -0.25) is 4.79 Å². The average molecular weight is 302 g/mol. The first kappa shape index (κ1) is 14.0. The van der Waals surface area contributed by atoms with Crippen LogP contribution in [0.25, 0.3) is 0 Å². The van der Waals surface area contributed by atoms with Crippen LogP contribution in [0.4, 0.5) is 0 Å². The summed E-state index contributed by atoms with van der Waals surface area (Å²) in [6, 6.07) is 4.59. The first-order valence-electron chi connectivity index (χ1n) is 5.34. The Morgan fingerprint density at radius 2 is 2.18 bits per heavy atom. The Labute approximate surface area is 109 Å². The summed E-state index contributed by atoms with van der Waals surface area (Å²) < 4.78 is 0.537. The Morgan fingerprint density at radius 1 is 1.53 bits per heavy atom. The number of halogens is 1. The van der Waals surface area contributed by atoms with E-state index in [1.165, 1.54) is 6.07 Å². The Morgan fingerprint density at radius 3 is 2.65 bits per heavy atom. The van der Waals surface area contributed by atoms with E-state index in [0.717, 1.165) is 0 Å². The molecule has 0 radical (unpaired) electrons. The number of aromatic hydroxyl groups is 1. The molecule has 0 saturated heterocycles. The summed E-state index contributed by atoms with van der Waals surface area (Å²) in [5.74, 6) is -0.300. The predicted molar refractivity (Wildman–Crippen MR) is 69.1 cm³/mol. The van der Waals surface area contributed by atoms with E-state index in [0.29, 0.717) is 16.5 Å². The van der Waals surface area contributed by atoms with Gasteiger partial charge >= 0.3 is 0 Å². The second kappa shape index (κ2) is 5.51. The molecular formula is C12H16BrNO3. The molecule has 4 nitrogen and oxygen atoms in total. The third kappa shape index (κ3) is 3.44. The molecule has 17 heavy (non-hydrogen) atoms. The van der Waals surface area contributed by atoms with Gasteiger partial charge in [-0.05, 0) is 47.5 Å². The summed E-state index contributed by atoms with van der Waals surface area (Å²) in [5, 5.41) is 21.4. The smallest absolute Gasteiger partial charge is 0.251 e. The second-order valence-electron chi connectivity index (χ2n) is 4.19. The Hall–Kier alpha value is -1.07. The number of phenolic OH excluding ortho intramolecular Hbond substituents is 1. The van der Waals surface area contributed by atoms with E-state index in [1.807, 2.05) is 6.92 Å². The number of amides is 1. The number of hydrogen-bond donors (Lipinski definition) is 3. The maximum atomic E-state index is 11.9. The second-order valence-corrected chi connectivity index (χ2v) is 5.05. The van der Waals surface area contributed by atoms with E-state index in [9.17, 15) is 15.0 Å². The van der Waals surface area contributed by atoms with Gasteiger partial charge in [0.1, 0.15) is 5.75 Å². The molecule has 1 amide bonds. The average Bonchev–Trinajstić information content (AvgIpc) is 2.32. The van der Waals surface area contributed by atoms with Gasteiger partial charge in [0.15, 0.2) is 0 Å². The van der Waals surface area contributed by atoms with E-state index >= 15 is 0 Å². The summed E-state index contributed by atoms with van der Waals surface area (Å²) in [4.78, 5) is 11.9. The number of carbonyl (C=O) groups is 1. The van der Waals surface area contributed by atoms with Crippen molar-refractivity contribution in [1.82, 2.24) is 5.32 Å². The highest BCUT2D eigenvalue weighted by Crippen LogP contribution is 2.24. The van der Waals surface area contributed by atoms with Crippen molar-refractivity contribution in [3.05, 3.63) is 28.2 Å². The highest BCUT2D eigenvalue weighted by atomic mass is 79.9. The molecule has 0 heterocycles. The summed E-state index contributed by atoms with van der Waals surface area (Å²) in [6.45, 7) is 3.52. The molecule has 1 rings (SSSR count). The van der Waals surface area contributed by atoms with Gasteiger partial charge in [-0.1, -0.05) is 6.92 Å². The van der Waals surface area contributed by atoms with Crippen LogP contribution < -0.4 is 5.32 Å². The number of hydrogen-bond acceptors (Lipinski definition) is 3. The van der Waals surface area contributed by atoms with Crippen molar-refractivity contribution < 1.29 is 15.0 Å². The van der Waals surface area contributed by atoms with Gasteiger partial charge in [0, 0.05) is 5.56 Å². The molecule has 5 heteroatoms. The number of nitrogens with one attached hydrogen (secondary N) is 1. The molecule has 0 aliphatic heterocycles. The third-order valence-corrected chi connectivity index (χ3v) is 3.42. The molecule has 0 aliphatic rings. The lowest BCUT2D eigenvalue weighted by Gasteiger charge is -2.27.